The highest BCUT2D eigenvalue weighted by Gasteiger charge is 2.12. The molecule has 0 radical (unpaired) electrons. The van der Waals surface area contributed by atoms with E-state index in [2.05, 4.69) is 15.9 Å². The van der Waals surface area contributed by atoms with E-state index in [9.17, 15) is 8.78 Å². The van der Waals surface area contributed by atoms with E-state index >= 15 is 0 Å². The van der Waals surface area contributed by atoms with Gasteiger partial charge in [0.05, 0.1) is 0 Å². The molecule has 0 spiro atoms. The molecule has 2 rings (SSSR count). The van der Waals surface area contributed by atoms with Crippen molar-refractivity contribution >= 4 is 26.7 Å². The first-order valence-electron chi connectivity index (χ1n) is 4.58. The van der Waals surface area contributed by atoms with Crippen LogP contribution in [0.25, 0.3) is 10.8 Å². The van der Waals surface area contributed by atoms with Crippen molar-refractivity contribution in [2.75, 3.05) is 0 Å². The second-order valence-corrected chi connectivity index (χ2v) is 3.85. The minimum Gasteiger partial charge on any atom is -0.205 e. The summed E-state index contributed by atoms with van der Waals surface area (Å²) in [5.74, 6) is 0. The van der Waals surface area contributed by atoms with Gasteiger partial charge in [-0.2, -0.15) is 0 Å². The van der Waals surface area contributed by atoms with Crippen molar-refractivity contribution in [2.24, 2.45) is 0 Å². The number of hydrogen-bond acceptors (Lipinski definition) is 0. The molecule has 0 aliphatic rings. The van der Waals surface area contributed by atoms with Crippen LogP contribution in [0.3, 0.4) is 0 Å². The van der Waals surface area contributed by atoms with E-state index in [1.165, 1.54) is 6.07 Å². The lowest BCUT2D eigenvalue weighted by Crippen LogP contribution is -1.90. The van der Waals surface area contributed by atoms with Crippen LogP contribution in [0.5, 0.6) is 0 Å². The maximum atomic E-state index is 12.7. The predicted octanol–water partition coefficient (Wildman–Crippen LogP) is 4.67. The van der Waals surface area contributed by atoms with Gasteiger partial charge in [-0.3, -0.25) is 0 Å². The summed E-state index contributed by atoms with van der Waals surface area (Å²) in [5, 5.41) is 2.22. The summed E-state index contributed by atoms with van der Waals surface area (Å²) in [4.78, 5) is 0. The zero-order chi connectivity index (χ0) is 10.8. The third kappa shape index (κ3) is 1.88. The summed E-state index contributed by atoms with van der Waals surface area (Å²) in [6, 6.07) is 10.5. The molecule has 0 heterocycles. The first-order chi connectivity index (χ1) is 7.24. The van der Waals surface area contributed by atoms with Crippen LogP contribution in [0, 0.1) is 0 Å². The standard InChI is InChI=1S/C12H9BrF2/c13-7-8-5-6-11(12(14)15)10-4-2-1-3-9(8)10/h1-6,12H,7H2. The van der Waals surface area contributed by atoms with E-state index < -0.39 is 6.43 Å². The largest absolute Gasteiger partial charge is 0.264 e. The number of hydrogen-bond donors (Lipinski definition) is 0. The van der Waals surface area contributed by atoms with Gasteiger partial charge < -0.3 is 0 Å². The van der Waals surface area contributed by atoms with Gasteiger partial charge in [-0.1, -0.05) is 52.3 Å². The van der Waals surface area contributed by atoms with Gasteiger partial charge >= 0.3 is 0 Å². The quantitative estimate of drug-likeness (QED) is 0.696. The minimum atomic E-state index is -2.42. The van der Waals surface area contributed by atoms with Crippen LogP contribution >= 0.6 is 15.9 Å². The molecule has 78 valence electrons. The highest BCUT2D eigenvalue weighted by molar-refractivity contribution is 9.08. The maximum absolute atomic E-state index is 12.7. The molecule has 0 nitrogen and oxygen atoms in total. The van der Waals surface area contributed by atoms with Gasteiger partial charge in [0, 0.05) is 10.9 Å². The fourth-order valence-electron chi connectivity index (χ4n) is 1.69. The van der Waals surface area contributed by atoms with Crippen molar-refractivity contribution in [1.29, 1.82) is 0 Å². The number of benzene rings is 2. The summed E-state index contributed by atoms with van der Waals surface area (Å²) < 4.78 is 25.4. The third-order valence-corrected chi connectivity index (χ3v) is 3.03. The molecule has 15 heavy (non-hydrogen) atoms. The summed E-state index contributed by atoms with van der Waals surface area (Å²) in [7, 11) is 0. The van der Waals surface area contributed by atoms with Gasteiger partial charge in [0.15, 0.2) is 0 Å². The smallest absolute Gasteiger partial charge is 0.205 e. The van der Waals surface area contributed by atoms with Crippen LogP contribution in [0.4, 0.5) is 8.78 Å². The van der Waals surface area contributed by atoms with E-state index in [1.54, 1.807) is 18.2 Å². The summed E-state index contributed by atoms with van der Waals surface area (Å²) >= 11 is 3.35. The Balaban J connectivity index is 2.77. The summed E-state index contributed by atoms with van der Waals surface area (Å²) in [6.07, 6.45) is -2.42. The van der Waals surface area contributed by atoms with Crippen molar-refractivity contribution in [3.05, 3.63) is 47.5 Å². The zero-order valence-electron chi connectivity index (χ0n) is 7.88. The molecule has 0 bridgehead atoms. The number of fused-ring (bicyclic) bond motifs is 1. The molecule has 2 aromatic carbocycles. The van der Waals surface area contributed by atoms with E-state index in [1.807, 2.05) is 12.1 Å². The summed E-state index contributed by atoms with van der Waals surface area (Å²) in [5.41, 5.74) is 1.14. The average molecular weight is 271 g/mol. The fraction of sp³-hybridized carbons (Fsp3) is 0.167. The van der Waals surface area contributed by atoms with Gasteiger partial charge in [0.2, 0.25) is 0 Å². The van der Waals surface area contributed by atoms with Crippen LogP contribution in [-0.4, -0.2) is 0 Å². The molecule has 0 N–H and O–H groups in total. The Bertz CT molecular complexity index is 480. The molecule has 0 aliphatic carbocycles. The average Bonchev–Trinajstić information content (AvgIpc) is 2.27. The van der Waals surface area contributed by atoms with Crippen LogP contribution in [0.15, 0.2) is 36.4 Å². The van der Waals surface area contributed by atoms with Gasteiger partial charge in [-0.05, 0) is 16.3 Å². The van der Waals surface area contributed by atoms with Gasteiger partial charge in [0.25, 0.3) is 6.43 Å². The molecule has 0 amide bonds. The second kappa shape index (κ2) is 4.27. The number of rotatable bonds is 2. The highest BCUT2D eigenvalue weighted by Crippen LogP contribution is 2.30. The number of halogens is 3. The fourth-order valence-corrected chi connectivity index (χ4v) is 2.18. The van der Waals surface area contributed by atoms with Crippen LogP contribution in [0.1, 0.15) is 17.6 Å². The van der Waals surface area contributed by atoms with Gasteiger partial charge in [0.1, 0.15) is 0 Å². The van der Waals surface area contributed by atoms with E-state index in [4.69, 9.17) is 0 Å². The van der Waals surface area contributed by atoms with Crippen LogP contribution < -0.4 is 0 Å². The Labute approximate surface area is 95.0 Å². The molecular weight excluding hydrogens is 262 g/mol. The van der Waals surface area contributed by atoms with Crippen molar-refractivity contribution < 1.29 is 8.78 Å². The van der Waals surface area contributed by atoms with E-state index in [0.717, 1.165) is 10.9 Å². The molecule has 0 aromatic heterocycles. The van der Waals surface area contributed by atoms with Crippen molar-refractivity contribution in [1.82, 2.24) is 0 Å². The zero-order valence-corrected chi connectivity index (χ0v) is 9.47. The van der Waals surface area contributed by atoms with Gasteiger partial charge in [-0.15, -0.1) is 0 Å². The second-order valence-electron chi connectivity index (χ2n) is 3.29. The van der Waals surface area contributed by atoms with E-state index in [0.29, 0.717) is 10.7 Å². The van der Waals surface area contributed by atoms with Crippen molar-refractivity contribution in [3.8, 4) is 0 Å². The van der Waals surface area contributed by atoms with Crippen molar-refractivity contribution in [3.63, 3.8) is 0 Å². The van der Waals surface area contributed by atoms with Crippen LogP contribution in [-0.2, 0) is 5.33 Å². The molecule has 0 saturated carbocycles. The molecule has 0 aliphatic heterocycles. The predicted molar refractivity (Wildman–Crippen MR) is 61.5 cm³/mol. The molecule has 3 heteroatoms. The van der Waals surface area contributed by atoms with Crippen LogP contribution in [0.2, 0.25) is 0 Å². The molecule has 0 saturated heterocycles. The highest BCUT2D eigenvalue weighted by atomic mass is 79.9. The molecule has 2 aromatic rings. The normalized spacial score (nSPS) is 11.2. The third-order valence-electron chi connectivity index (χ3n) is 2.43. The topological polar surface area (TPSA) is 0 Å². The Morgan fingerprint density at radius 1 is 1.00 bits per heavy atom. The van der Waals surface area contributed by atoms with Gasteiger partial charge in [-0.25, -0.2) is 8.78 Å². The Hall–Kier alpha value is -0.960. The lowest BCUT2D eigenvalue weighted by atomic mass is 10.0. The monoisotopic (exact) mass is 270 g/mol. The molecular formula is C12H9BrF2. The Kier molecular flexibility index (Phi) is 3.00. The van der Waals surface area contributed by atoms with E-state index in [-0.39, 0.29) is 5.56 Å². The number of alkyl halides is 3. The molecule has 0 atom stereocenters. The lowest BCUT2D eigenvalue weighted by Gasteiger charge is -2.08. The first-order valence-corrected chi connectivity index (χ1v) is 5.71. The molecule has 0 unspecified atom stereocenters. The lowest BCUT2D eigenvalue weighted by molar-refractivity contribution is 0.153. The minimum absolute atomic E-state index is 0.107. The SMILES string of the molecule is FC(F)c1ccc(CBr)c2ccccc12. The summed E-state index contributed by atoms with van der Waals surface area (Å²) in [6.45, 7) is 0. The maximum Gasteiger partial charge on any atom is 0.264 e. The molecule has 0 fully saturated rings. The van der Waals surface area contributed by atoms with Crippen molar-refractivity contribution in [2.45, 2.75) is 11.8 Å². The Morgan fingerprint density at radius 3 is 2.27 bits per heavy atom. The Morgan fingerprint density at radius 2 is 1.67 bits per heavy atom. The first kappa shape index (κ1) is 10.6.